The maximum atomic E-state index is 11.7. The van der Waals surface area contributed by atoms with Gasteiger partial charge in [0.25, 0.3) is 0 Å². The highest BCUT2D eigenvalue weighted by Crippen LogP contribution is 2.38. The van der Waals surface area contributed by atoms with Gasteiger partial charge >= 0.3 is 0 Å². The molecular formula is C18H28N2O2. The lowest BCUT2D eigenvalue weighted by atomic mass is 9.78. The topological polar surface area (TPSA) is 43.8 Å². The largest absolute Gasteiger partial charge is 0.338 e. The fourth-order valence-corrected chi connectivity index (χ4v) is 3.68. The SMILES string of the molecule is CC1(C)CC(N(C=O)CC2=CC=CC=CC2)CC(C)(C)N1O. The van der Waals surface area contributed by atoms with Gasteiger partial charge in [-0.15, -0.1) is 0 Å². The number of nitrogens with zero attached hydrogens (tertiary/aromatic N) is 2. The van der Waals surface area contributed by atoms with Crippen LogP contribution in [0.1, 0.15) is 47.0 Å². The Hall–Kier alpha value is -1.39. The molecule has 0 saturated carbocycles. The van der Waals surface area contributed by atoms with Crippen LogP contribution in [-0.4, -0.2) is 45.2 Å². The van der Waals surface area contributed by atoms with E-state index in [-0.39, 0.29) is 17.1 Å². The van der Waals surface area contributed by atoms with Crippen LogP contribution in [0.5, 0.6) is 0 Å². The summed E-state index contributed by atoms with van der Waals surface area (Å²) in [5.41, 5.74) is 0.551. The number of rotatable bonds is 4. The number of piperidine rings is 1. The van der Waals surface area contributed by atoms with Crippen LogP contribution in [0.4, 0.5) is 0 Å². The second-order valence-electron chi connectivity index (χ2n) is 7.62. The molecule has 0 aromatic rings. The molecule has 1 N–H and O–H groups in total. The van der Waals surface area contributed by atoms with Gasteiger partial charge in [-0.3, -0.25) is 4.79 Å². The fraction of sp³-hybridized carbons (Fsp3) is 0.611. The first-order valence-corrected chi connectivity index (χ1v) is 7.98. The van der Waals surface area contributed by atoms with E-state index in [1.54, 1.807) is 0 Å². The van der Waals surface area contributed by atoms with Crippen LogP contribution >= 0.6 is 0 Å². The molecule has 1 heterocycles. The van der Waals surface area contributed by atoms with Crippen molar-refractivity contribution in [3.05, 3.63) is 36.0 Å². The summed E-state index contributed by atoms with van der Waals surface area (Å²) in [6, 6.07) is 0.142. The first-order chi connectivity index (χ1) is 10.3. The Labute approximate surface area is 133 Å². The molecule has 1 saturated heterocycles. The first kappa shape index (κ1) is 17.0. The van der Waals surface area contributed by atoms with E-state index in [0.29, 0.717) is 6.54 Å². The average Bonchev–Trinajstić information content (AvgIpc) is 2.70. The number of carbonyl (C=O) groups excluding carboxylic acids is 1. The van der Waals surface area contributed by atoms with E-state index in [4.69, 9.17) is 0 Å². The molecule has 0 atom stereocenters. The van der Waals surface area contributed by atoms with Crippen molar-refractivity contribution in [1.82, 2.24) is 9.96 Å². The Bertz CT molecular complexity index is 485. The van der Waals surface area contributed by atoms with Gasteiger partial charge in [0.15, 0.2) is 0 Å². The summed E-state index contributed by atoms with van der Waals surface area (Å²) < 4.78 is 0. The summed E-state index contributed by atoms with van der Waals surface area (Å²) >= 11 is 0. The Morgan fingerprint density at radius 1 is 1.23 bits per heavy atom. The molecule has 1 fully saturated rings. The van der Waals surface area contributed by atoms with E-state index < -0.39 is 0 Å². The van der Waals surface area contributed by atoms with Gasteiger partial charge in [0, 0.05) is 23.7 Å². The van der Waals surface area contributed by atoms with Gasteiger partial charge in [-0.05, 0) is 52.5 Å². The van der Waals surface area contributed by atoms with Gasteiger partial charge in [0.2, 0.25) is 6.41 Å². The molecule has 0 aromatic heterocycles. The molecule has 0 spiro atoms. The lowest BCUT2D eigenvalue weighted by molar-refractivity contribution is -0.250. The van der Waals surface area contributed by atoms with Crippen LogP contribution in [0.15, 0.2) is 36.0 Å². The van der Waals surface area contributed by atoms with Crippen LogP contribution in [0.25, 0.3) is 0 Å². The molecule has 1 aliphatic heterocycles. The quantitative estimate of drug-likeness (QED) is 0.811. The molecule has 122 valence electrons. The molecule has 0 aromatic carbocycles. The highest BCUT2D eigenvalue weighted by Gasteiger charge is 2.46. The smallest absolute Gasteiger partial charge is 0.210 e. The normalized spacial score (nSPS) is 24.7. The molecule has 0 bridgehead atoms. The highest BCUT2D eigenvalue weighted by atomic mass is 16.5. The van der Waals surface area contributed by atoms with Gasteiger partial charge < -0.3 is 10.1 Å². The van der Waals surface area contributed by atoms with Crippen molar-refractivity contribution >= 4 is 6.41 Å². The molecule has 4 heteroatoms. The lowest BCUT2D eigenvalue weighted by Crippen LogP contribution is -2.62. The second-order valence-corrected chi connectivity index (χ2v) is 7.62. The molecule has 1 aliphatic carbocycles. The van der Waals surface area contributed by atoms with Crippen molar-refractivity contribution in [2.45, 2.75) is 64.1 Å². The molecule has 0 unspecified atom stereocenters. The summed E-state index contributed by atoms with van der Waals surface area (Å²) in [7, 11) is 0. The number of hydrogen-bond donors (Lipinski definition) is 1. The Balaban J connectivity index is 2.14. The van der Waals surface area contributed by atoms with Crippen molar-refractivity contribution in [2.75, 3.05) is 6.54 Å². The molecule has 0 radical (unpaired) electrons. The summed E-state index contributed by atoms with van der Waals surface area (Å²) in [6.07, 6.45) is 13.6. The number of hydroxylamine groups is 2. The van der Waals surface area contributed by atoms with Crippen molar-refractivity contribution < 1.29 is 10.0 Å². The Morgan fingerprint density at radius 2 is 1.86 bits per heavy atom. The van der Waals surface area contributed by atoms with Gasteiger partial charge in [0.1, 0.15) is 0 Å². The molecule has 2 rings (SSSR count). The van der Waals surface area contributed by atoms with Crippen LogP contribution in [0.2, 0.25) is 0 Å². The highest BCUT2D eigenvalue weighted by molar-refractivity contribution is 5.49. The maximum Gasteiger partial charge on any atom is 0.210 e. The van der Waals surface area contributed by atoms with Gasteiger partial charge in [0.05, 0.1) is 0 Å². The van der Waals surface area contributed by atoms with Crippen molar-refractivity contribution in [3.8, 4) is 0 Å². The Kier molecular flexibility index (Phi) is 4.93. The minimum atomic E-state index is -0.342. The van der Waals surface area contributed by atoms with E-state index in [1.807, 2.05) is 50.8 Å². The van der Waals surface area contributed by atoms with Crippen LogP contribution < -0.4 is 0 Å². The summed E-state index contributed by atoms with van der Waals surface area (Å²) in [6.45, 7) is 8.77. The Morgan fingerprint density at radius 3 is 2.45 bits per heavy atom. The molecular weight excluding hydrogens is 276 g/mol. The molecule has 2 aliphatic rings. The zero-order valence-corrected chi connectivity index (χ0v) is 14.1. The number of amides is 1. The van der Waals surface area contributed by atoms with Gasteiger partial charge in [-0.25, -0.2) is 0 Å². The monoisotopic (exact) mass is 304 g/mol. The number of hydrogen-bond acceptors (Lipinski definition) is 3. The second kappa shape index (κ2) is 6.39. The van der Waals surface area contributed by atoms with Gasteiger partial charge in [-0.1, -0.05) is 30.4 Å². The minimum Gasteiger partial charge on any atom is -0.338 e. The van der Waals surface area contributed by atoms with E-state index >= 15 is 0 Å². The first-order valence-electron chi connectivity index (χ1n) is 7.98. The predicted molar refractivity (Wildman–Crippen MR) is 88.6 cm³/mol. The summed E-state index contributed by atoms with van der Waals surface area (Å²) in [4.78, 5) is 13.6. The zero-order chi connectivity index (χ0) is 16.4. The van der Waals surface area contributed by atoms with E-state index in [1.165, 1.54) is 10.6 Å². The molecule has 1 amide bonds. The molecule has 4 nitrogen and oxygen atoms in total. The maximum absolute atomic E-state index is 11.7. The molecule has 22 heavy (non-hydrogen) atoms. The van der Waals surface area contributed by atoms with Crippen LogP contribution in [0.3, 0.4) is 0 Å². The summed E-state index contributed by atoms with van der Waals surface area (Å²) in [5.74, 6) is 0. The van der Waals surface area contributed by atoms with Crippen LogP contribution in [0, 0.1) is 0 Å². The van der Waals surface area contributed by atoms with Crippen molar-refractivity contribution in [2.24, 2.45) is 0 Å². The van der Waals surface area contributed by atoms with E-state index in [9.17, 15) is 10.0 Å². The third kappa shape index (κ3) is 3.68. The van der Waals surface area contributed by atoms with Crippen molar-refractivity contribution in [1.29, 1.82) is 0 Å². The minimum absolute atomic E-state index is 0.142. The fourth-order valence-electron chi connectivity index (χ4n) is 3.68. The lowest BCUT2D eigenvalue weighted by Gasteiger charge is -2.53. The average molecular weight is 304 g/mol. The predicted octanol–water partition coefficient (Wildman–Crippen LogP) is 3.30. The summed E-state index contributed by atoms with van der Waals surface area (Å²) in [5, 5.41) is 11.8. The van der Waals surface area contributed by atoms with Crippen LogP contribution in [-0.2, 0) is 4.79 Å². The third-order valence-corrected chi connectivity index (χ3v) is 4.68. The third-order valence-electron chi connectivity index (χ3n) is 4.68. The number of allylic oxidation sites excluding steroid dienone is 5. The van der Waals surface area contributed by atoms with Crippen molar-refractivity contribution in [3.63, 3.8) is 0 Å². The zero-order valence-electron chi connectivity index (χ0n) is 14.1. The van der Waals surface area contributed by atoms with E-state index in [2.05, 4.69) is 12.2 Å². The van der Waals surface area contributed by atoms with E-state index in [0.717, 1.165) is 25.7 Å². The standard InChI is InChI=1S/C18H28N2O2/c1-17(2)11-16(12-18(3,4)20(17)22)19(14-21)13-15-9-7-5-6-8-10-15/h5-9,14,16,22H,10-13H2,1-4H3. The number of carbonyl (C=O) groups is 1. The van der Waals surface area contributed by atoms with Gasteiger partial charge in [-0.2, -0.15) is 5.06 Å².